The van der Waals surface area contributed by atoms with Gasteiger partial charge in [0.1, 0.15) is 0 Å². The van der Waals surface area contributed by atoms with E-state index >= 15 is 0 Å². The van der Waals surface area contributed by atoms with Crippen LogP contribution in [0.2, 0.25) is 0 Å². The van der Waals surface area contributed by atoms with Gasteiger partial charge in [0.05, 0.1) is 0 Å². The lowest BCUT2D eigenvalue weighted by molar-refractivity contribution is -0.144. The van der Waals surface area contributed by atoms with Gasteiger partial charge in [-0.25, -0.2) is 0 Å². The smallest absolute Gasteiger partial charge is 0.324 e. The van der Waals surface area contributed by atoms with E-state index in [0.29, 0.717) is 6.42 Å². The zero-order valence-corrected chi connectivity index (χ0v) is 17.0. The van der Waals surface area contributed by atoms with Crippen molar-refractivity contribution in [3.8, 4) is 0 Å². The fourth-order valence-corrected chi connectivity index (χ4v) is 3.41. The lowest BCUT2D eigenvalue weighted by atomic mass is 10.0. The van der Waals surface area contributed by atoms with Crippen molar-refractivity contribution in [1.82, 2.24) is 0 Å². The highest BCUT2D eigenvalue weighted by Crippen LogP contribution is 2.14. The van der Waals surface area contributed by atoms with Crippen LogP contribution in [0.4, 0.5) is 0 Å². The molecule has 0 aliphatic carbocycles. The first-order chi connectivity index (χ1) is 12.3. The maximum Gasteiger partial charge on any atom is 0.324 e. The van der Waals surface area contributed by atoms with Crippen LogP contribution in [-0.2, 0) is 9.63 Å². The minimum absolute atomic E-state index is 0.285. The van der Waals surface area contributed by atoms with Crippen molar-refractivity contribution < 1.29 is 9.63 Å². The van der Waals surface area contributed by atoms with E-state index < -0.39 is 0 Å². The van der Waals surface area contributed by atoms with Crippen molar-refractivity contribution in [2.75, 3.05) is 0 Å². The summed E-state index contributed by atoms with van der Waals surface area (Å²) >= 11 is 0. The number of hydrogen-bond donors (Lipinski definition) is 1. The van der Waals surface area contributed by atoms with Crippen LogP contribution in [0, 0.1) is 0 Å². The second-order valence-corrected chi connectivity index (χ2v) is 7.60. The molecule has 2 N–H and O–H groups in total. The second kappa shape index (κ2) is 21.5. The average molecular weight is 356 g/mol. The molecule has 0 heterocycles. The highest BCUT2D eigenvalue weighted by atomic mass is 16.7. The van der Waals surface area contributed by atoms with Crippen LogP contribution in [-0.4, -0.2) is 5.97 Å². The Balaban J connectivity index is 2.99. The fourth-order valence-electron chi connectivity index (χ4n) is 3.41. The molecule has 0 aliphatic rings. The van der Waals surface area contributed by atoms with Gasteiger partial charge in [-0.15, -0.1) is 0 Å². The standard InChI is InChI=1S/C22H45NO2/c1-2-3-4-5-6-7-8-9-10-11-12-13-14-15-16-17-18-19-20-21-22(24)25-23/h2-21,23H2,1H3. The number of carbonyl (C=O) groups excluding carboxylic acids is 1. The van der Waals surface area contributed by atoms with Gasteiger partial charge in [0, 0.05) is 6.42 Å². The quantitative estimate of drug-likeness (QED) is 0.185. The molecule has 0 fully saturated rings. The van der Waals surface area contributed by atoms with E-state index in [1.807, 2.05) is 0 Å². The van der Waals surface area contributed by atoms with Crippen molar-refractivity contribution in [2.24, 2.45) is 5.90 Å². The Morgan fingerprint density at radius 1 is 0.560 bits per heavy atom. The van der Waals surface area contributed by atoms with Crippen LogP contribution in [0.15, 0.2) is 0 Å². The third-order valence-electron chi connectivity index (χ3n) is 5.12. The highest BCUT2D eigenvalue weighted by molar-refractivity contribution is 5.68. The summed E-state index contributed by atoms with van der Waals surface area (Å²) in [6, 6.07) is 0. The molecule has 0 rings (SSSR count). The summed E-state index contributed by atoms with van der Waals surface area (Å²) < 4.78 is 0. The molecule has 25 heavy (non-hydrogen) atoms. The highest BCUT2D eigenvalue weighted by Gasteiger charge is 1.99. The van der Waals surface area contributed by atoms with Gasteiger partial charge >= 0.3 is 5.97 Å². The van der Waals surface area contributed by atoms with E-state index in [4.69, 9.17) is 5.90 Å². The van der Waals surface area contributed by atoms with Crippen LogP contribution < -0.4 is 5.90 Å². The van der Waals surface area contributed by atoms with Gasteiger partial charge in [-0.05, 0) is 6.42 Å². The Kier molecular flexibility index (Phi) is 21.0. The minimum Gasteiger partial charge on any atom is -0.373 e. The molecule has 0 radical (unpaired) electrons. The van der Waals surface area contributed by atoms with E-state index in [-0.39, 0.29) is 5.97 Å². The van der Waals surface area contributed by atoms with Crippen LogP contribution >= 0.6 is 0 Å². The predicted molar refractivity (Wildman–Crippen MR) is 108 cm³/mol. The van der Waals surface area contributed by atoms with Crippen molar-refractivity contribution in [3.63, 3.8) is 0 Å². The summed E-state index contributed by atoms with van der Waals surface area (Å²) in [7, 11) is 0. The largest absolute Gasteiger partial charge is 0.373 e. The van der Waals surface area contributed by atoms with E-state index in [0.717, 1.165) is 12.8 Å². The number of unbranched alkanes of at least 4 members (excludes halogenated alkanes) is 18. The number of carbonyl (C=O) groups is 1. The average Bonchev–Trinajstić information content (AvgIpc) is 2.63. The van der Waals surface area contributed by atoms with Crippen LogP contribution in [0.3, 0.4) is 0 Å². The molecule has 0 bridgehead atoms. The number of hydrogen-bond acceptors (Lipinski definition) is 3. The third kappa shape index (κ3) is 21.4. The molecule has 0 saturated heterocycles. The summed E-state index contributed by atoms with van der Waals surface area (Å²) in [5, 5.41) is 0. The monoisotopic (exact) mass is 355 g/mol. The fraction of sp³-hybridized carbons (Fsp3) is 0.955. The number of nitrogens with two attached hydrogens (primary N) is 1. The Labute approximate surface area is 157 Å². The molecule has 0 aromatic rings. The lowest BCUT2D eigenvalue weighted by Gasteiger charge is -2.04. The Hall–Kier alpha value is -0.570. The van der Waals surface area contributed by atoms with Gasteiger partial charge < -0.3 is 4.84 Å². The summed E-state index contributed by atoms with van der Waals surface area (Å²) in [6.45, 7) is 2.28. The molecule has 150 valence electrons. The van der Waals surface area contributed by atoms with E-state index in [1.54, 1.807) is 0 Å². The van der Waals surface area contributed by atoms with Crippen molar-refractivity contribution in [1.29, 1.82) is 0 Å². The Morgan fingerprint density at radius 2 is 0.840 bits per heavy atom. The van der Waals surface area contributed by atoms with Crippen molar-refractivity contribution in [2.45, 2.75) is 135 Å². The zero-order valence-electron chi connectivity index (χ0n) is 17.0. The Bertz CT molecular complexity index is 269. The van der Waals surface area contributed by atoms with Gasteiger partial charge in [-0.2, -0.15) is 5.90 Å². The minimum atomic E-state index is -0.285. The molecule has 3 nitrogen and oxygen atoms in total. The Morgan fingerprint density at radius 3 is 1.12 bits per heavy atom. The number of rotatable bonds is 20. The molecule has 0 atom stereocenters. The van der Waals surface area contributed by atoms with E-state index in [9.17, 15) is 4.79 Å². The third-order valence-corrected chi connectivity index (χ3v) is 5.12. The topological polar surface area (TPSA) is 52.3 Å². The predicted octanol–water partition coefficient (Wildman–Crippen LogP) is 7.23. The second-order valence-electron chi connectivity index (χ2n) is 7.60. The molecule has 0 amide bonds. The first-order valence-corrected chi connectivity index (χ1v) is 11.2. The summed E-state index contributed by atoms with van der Waals surface area (Å²) in [5.74, 6) is 4.52. The molecule has 0 spiro atoms. The molecular weight excluding hydrogens is 310 g/mol. The lowest BCUT2D eigenvalue weighted by Crippen LogP contribution is -2.08. The SMILES string of the molecule is CCCCCCCCCCCCCCCCCCCCCC(=O)ON. The maximum atomic E-state index is 10.8. The van der Waals surface area contributed by atoms with Gasteiger partial charge in [0.25, 0.3) is 0 Å². The maximum absolute atomic E-state index is 10.8. The van der Waals surface area contributed by atoms with Crippen molar-refractivity contribution in [3.05, 3.63) is 0 Å². The molecule has 0 unspecified atom stereocenters. The molecule has 0 aromatic heterocycles. The molecular formula is C22H45NO2. The van der Waals surface area contributed by atoms with Crippen LogP contribution in [0.1, 0.15) is 135 Å². The molecule has 0 saturated carbocycles. The van der Waals surface area contributed by atoms with E-state index in [2.05, 4.69) is 11.8 Å². The summed E-state index contributed by atoms with van der Waals surface area (Å²) in [6.07, 6.45) is 26.4. The first-order valence-electron chi connectivity index (χ1n) is 11.2. The van der Waals surface area contributed by atoms with Gasteiger partial charge in [-0.1, -0.05) is 122 Å². The van der Waals surface area contributed by atoms with Gasteiger partial charge in [-0.3, -0.25) is 4.79 Å². The van der Waals surface area contributed by atoms with Gasteiger partial charge in [0.2, 0.25) is 0 Å². The normalized spacial score (nSPS) is 11.0. The van der Waals surface area contributed by atoms with Crippen LogP contribution in [0.5, 0.6) is 0 Å². The molecule has 0 aliphatic heterocycles. The van der Waals surface area contributed by atoms with Gasteiger partial charge in [0.15, 0.2) is 0 Å². The summed E-state index contributed by atoms with van der Waals surface area (Å²) in [4.78, 5) is 15.0. The first kappa shape index (κ1) is 24.4. The zero-order chi connectivity index (χ0) is 18.4. The van der Waals surface area contributed by atoms with E-state index in [1.165, 1.54) is 109 Å². The van der Waals surface area contributed by atoms with Crippen molar-refractivity contribution >= 4 is 5.97 Å². The van der Waals surface area contributed by atoms with Crippen LogP contribution in [0.25, 0.3) is 0 Å². The molecule has 3 heteroatoms. The molecule has 0 aromatic carbocycles. The summed E-state index contributed by atoms with van der Waals surface area (Å²) in [5.41, 5.74) is 0.